The molecule has 0 radical (unpaired) electrons. The Morgan fingerprint density at radius 3 is 2.71 bits per heavy atom. The van der Waals surface area contributed by atoms with Crippen LogP contribution in [-0.2, 0) is 13.0 Å². The van der Waals surface area contributed by atoms with Gasteiger partial charge in [-0.05, 0) is 65.3 Å². The molecule has 2 aliphatic rings. The van der Waals surface area contributed by atoms with Gasteiger partial charge in [-0.2, -0.15) is 0 Å². The van der Waals surface area contributed by atoms with Crippen molar-refractivity contribution < 1.29 is 13.9 Å². The molecule has 1 aliphatic carbocycles. The topological polar surface area (TPSA) is 52.8 Å². The van der Waals surface area contributed by atoms with Crippen LogP contribution in [0.25, 0.3) is 11.8 Å². The van der Waals surface area contributed by atoms with Gasteiger partial charge in [-0.1, -0.05) is 65.9 Å². The Morgan fingerprint density at radius 2 is 1.88 bits per heavy atom. The van der Waals surface area contributed by atoms with E-state index in [0.717, 1.165) is 34.5 Å². The van der Waals surface area contributed by atoms with Gasteiger partial charge in [0, 0.05) is 16.0 Å². The third-order valence-corrected chi connectivity index (χ3v) is 9.42. The number of hydrogen-bond acceptors (Lipinski definition) is 6. The monoisotopic (exact) mass is 580 g/mol. The second-order valence-electron chi connectivity index (χ2n) is 9.92. The van der Waals surface area contributed by atoms with Crippen LogP contribution in [0.3, 0.4) is 0 Å². The molecular weight excluding hydrogens is 556 g/mol. The molecular formula is C33H25FN2O3S2. The van der Waals surface area contributed by atoms with E-state index in [-0.39, 0.29) is 24.0 Å². The highest BCUT2D eigenvalue weighted by Crippen LogP contribution is 2.42. The minimum Gasteiger partial charge on any atom is -0.493 e. The van der Waals surface area contributed by atoms with Crippen molar-refractivity contribution in [1.29, 1.82) is 0 Å². The average Bonchev–Trinajstić information content (AvgIpc) is 3.64. The molecule has 0 unspecified atom stereocenters. The first kappa shape index (κ1) is 25.7. The number of halogens is 1. The second-order valence-corrected chi connectivity index (χ2v) is 11.9. The summed E-state index contributed by atoms with van der Waals surface area (Å²) in [6, 6.07) is 24.4. The molecule has 1 atom stereocenters. The lowest BCUT2D eigenvalue weighted by atomic mass is 9.85. The maximum Gasteiger partial charge on any atom is 0.271 e. The second kappa shape index (κ2) is 10.6. The summed E-state index contributed by atoms with van der Waals surface area (Å²) in [7, 11) is 1.56. The van der Waals surface area contributed by atoms with Gasteiger partial charge in [-0.3, -0.25) is 9.36 Å². The highest BCUT2D eigenvalue weighted by atomic mass is 32.1. The first-order chi connectivity index (χ1) is 20.1. The molecule has 2 aromatic heterocycles. The third-order valence-electron chi connectivity index (χ3n) is 7.51. The Bertz CT molecular complexity index is 1990. The van der Waals surface area contributed by atoms with Crippen LogP contribution in [-0.4, -0.2) is 11.7 Å². The predicted molar refractivity (Wildman–Crippen MR) is 161 cm³/mol. The van der Waals surface area contributed by atoms with Crippen LogP contribution in [0.2, 0.25) is 0 Å². The Hall–Kier alpha value is -4.27. The van der Waals surface area contributed by atoms with Gasteiger partial charge >= 0.3 is 0 Å². The Kier molecular flexibility index (Phi) is 6.65. The summed E-state index contributed by atoms with van der Waals surface area (Å²) in [5, 5.41) is 2.06. The summed E-state index contributed by atoms with van der Waals surface area (Å²) in [5.41, 5.74) is 5.85. The average molecular weight is 581 g/mol. The first-order valence-electron chi connectivity index (χ1n) is 13.3. The van der Waals surface area contributed by atoms with E-state index >= 15 is 0 Å². The molecule has 0 saturated heterocycles. The molecule has 0 spiro atoms. The van der Waals surface area contributed by atoms with E-state index in [1.54, 1.807) is 42.7 Å². The highest BCUT2D eigenvalue weighted by molar-refractivity contribution is 7.10. The van der Waals surface area contributed by atoms with Gasteiger partial charge < -0.3 is 9.47 Å². The molecule has 0 amide bonds. The smallest absolute Gasteiger partial charge is 0.271 e. The predicted octanol–water partition coefficient (Wildman–Crippen LogP) is 6.11. The number of benzene rings is 3. The maximum absolute atomic E-state index is 14.0. The SMILES string of the molecule is COc1cc(/C=c2\sc3n(c2=O)[C@H](c2cccs2)C2=C(N=3)c3ccccc3CC2)ccc1OCc1ccccc1F. The largest absolute Gasteiger partial charge is 0.493 e. The van der Waals surface area contributed by atoms with Crippen LogP contribution in [0.5, 0.6) is 11.5 Å². The van der Waals surface area contributed by atoms with Crippen LogP contribution >= 0.6 is 22.7 Å². The van der Waals surface area contributed by atoms with Crippen molar-refractivity contribution >= 4 is 34.4 Å². The molecule has 1 aliphatic heterocycles. The number of methoxy groups -OCH3 is 1. The number of thiazole rings is 1. The summed E-state index contributed by atoms with van der Waals surface area (Å²) >= 11 is 3.07. The lowest BCUT2D eigenvalue weighted by Gasteiger charge is -2.30. The lowest BCUT2D eigenvalue weighted by molar-refractivity contribution is 0.279. The Morgan fingerprint density at radius 1 is 1.02 bits per heavy atom. The minimum absolute atomic E-state index is 0.0589. The Labute approximate surface area is 243 Å². The minimum atomic E-state index is -0.315. The van der Waals surface area contributed by atoms with E-state index in [1.807, 2.05) is 28.8 Å². The van der Waals surface area contributed by atoms with Crippen molar-refractivity contribution in [2.45, 2.75) is 25.5 Å². The lowest BCUT2D eigenvalue weighted by Crippen LogP contribution is -2.38. The molecule has 3 heterocycles. The number of hydrogen-bond donors (Lipinski definition) is 0. The fraction of sp³-hybridized carbons (Fsp3) is 0.152. The number of fused-ring (bicyclic) bond motifs is 3. The molecule has 0 bridgehead atoms. The molecule has 0 fully saturated rings. The van der Waals surface area contributed by atoms with Crippen molar-refractivity contribution in [3.05, 3.63) is 142 Å². The summed E-state index contributed by atoms with van der Waals surface area (Å²) < 4.78 is 27.9. The third kappa shape index (κ3) is 4.63. The molecule has 7 rings (SSSR count). The summed E-state index contributed by atoms with van der Waals surface area (Å²) in [6.07, 6.45) is 3.67. The van der Waals surface area contributed by atoms with Crippen LogP contribution in [0.15, 0.2) is 99.6 Å². The van der Waals surface area contributed by atoms with Gasteiger partial charge in [0.05, 0.1) is 23.4 Å². The molecule has 5 aromatic rings. The van der Waals surface area contributed by atoms with E-state index in [0.29, 0.717) is 26.4 Å². The van der Waals surface area contributed by atoms with Crippen molar-refractivity contribution in [2.24, 2.45) is 4.99 Å². The molecule has 5 nitrogen and oxygen atoms in total. The number of ether oxygens (including phenoxy) is 2. The number of aryl methyl sites for hydroxylation is 1. The van der Waals surface area contributed by atoms with E-state index < -0.39 is 0 Å². The number of rotatable bonds is 6. The van der Waals surface area contributed by atoms with Crippen LogP contribution in [0.4, 0.5) is 4.39 Å². The summed E-state index contributed by atoms with van der Waals surface area (Å²) in [6.45, 7) is 0.0808. The fourth-order valence-corrected chi connectivity index (χ4v) is 7.38. The van der Waals surface area contributed by atoms with Crippen molar-refractivity contribution in [3.63, 3.8) is 0 Å². The van der Waals surface area contributed by atoms with Gasteiger partial charge in [0.1, 0.15) is 12.4 Å². The highest BCUT2D eigenvalue weighted by Gasteiger charge is 2.33. The van der Waals surface area contributed by atoms with Crippen molar-refractivity contribution in [1.82, 2.24) is 4.57 Å². The Balaban J connectivity index is 1.29. The molecule has 0 saturated carbocycles. The van der Waals surface area contributed by atoms with Crippen LogP contribution in [0, 0.1) is 5.82 Å². The number of nitrogens with zero attached hydrogens (tertiary/aromatic N) is 2. The van der Waals surface area contributed by atoms with Gasteiger partial charge in [-0.15, -0.1) is 11.3 Å². The van der Waals surface area contributed by atoms with Gasteiger partial charge in [0.25, 0.3) is 5.56 Å². The number of aromatic nitrogens is 1. The van der Waals surface area contributed by atoms with E-state index in [9.17, 15) is 9.18 Å². The first-order valence-corrected chi connectivity index (χ1v) is 15.0. The van der Waals surface area contributed by atoms with E-state index in [2.05, 4.69) is 35.7 Å². The molecule has 204 valence electrons. The normalized spacial score (nSPS) is 16.0. The maximum atomic E-state index is 14.0. The quantitative estimate of drug-likeness (QED) is 0.244. The molecule has 41 heavy (non-hydrogen) atoms. The zero-order chi connectivity index (χ0) is 27.9. The van der Waals surface area contributed by atoms with Crippen molar-refractivity contribution in [2.75, 3.05) is 7.11 Å². The van der Waals surface area contributed by atoms with Crippen molar-refractivity contribution in [3.8, 4) is 11.5 Å². The molecule has 8 heteroatoms. The fourth-order valence-electron chi connectivity index (χ4n) is 5.53. The van der Waals surface area contributed by atoms with E-state index in [4.69, 9.17) is 14.5 Å². The van der Waals surface area contributed by atoms with Gasteiger partial charge in [0.15, 0.2) is 16.3 Å². The van der Waals surface area contributed by atoms with Crippen LogP contribution in [0.1, 0.15) is 39.6 Å². The molecule has 0 N–H and O–H groups in total. The standard InChI is InChI=1S/C33H25FN2O3S2/c1-38-27-17-20(12-15-26(27)39-19-22-8-3-5-10-25(22)34)18-29-32(37)36-31(28-11-6-16-40-28)24-14-13-21-7-2-4-9-23(21)30(24)35-33(36)41-29/h2-12,15-18,31H,13-14,19H2,1H3/b29-18-/t31-/m0/s1. The zero-order valence-corrected chi connectivity index (χ0v) is 23.8. The number of thiophene rings is 1. The molecule has 3 aromatic carbocycles. The zero-order valence-electron chi connectivity index (χ0n) is 22.2. The number of allylic oxidation sites excluding steroid dienone is 1. The van der Waals surface area contributed by atoms with E-state index in [1.165, 1.54) is 28.5 Å². The summed E-state index contributed by atoms with van der Waals surface area (Å²) in [5.74, 6) is 0.689. The van der Waals surface area contributed by atoms with Crippen LogP contribution < -0.4 is 24.4 Å². The van der Waals surface area contributed by atoms with Gasteiger partial charge in [-0.25, -0.2) is 9.38 Å². The summed E-state index contributed by atoms with van der Waals surface area (Å²) in [4.78, 5) is 20.8. The van der Waals surface area contributed by atoms with Gasteiger partial charge in [0.2, 0.25) is 0 Å².